The molecule has 1 aliphatic rings. The Balaban J connectivity index is 2.26. The van der Waals surface area contributed by atoms with Crippen molar-refractivity contribution in [1.82, 2.24) is 4.90 Å². The van der Waals surface area contributed by atoms with Gasteiger partial charge >= 0.3 is 5.97 Å². The number of amides is 1. The predicted octanol–water partition coefficient (Wildman–Crippen LogP) is 1.97. The highest BCUT2D eigenvalue weighted by Gasteiger charge is 2.34. The first-order chi connectivity index (χ1) is 10.0. The number of carbonyl (C=O) groups is 2. The van der Waals surface area contributed by atoms with E-state index in [4.69, 9.17) is 10.5 Å². The Morgan fingerprint density at radius 1 is 1.43 bits per heavy atom. The van der Waals surface area contributed by atoms with E-state index in [-0.39, 0.29) is 17.9 Å². The molecule has 0 spiro atoms. The second kappa shape index (κ2) is 6.56. The maximum atomic E-state index is 13.3. The van der Waals surface area contributed by atoms with Gasteiger partial charge in [0.2, 0.25) is 0 Å². The predicted molar refractivity (Wildman–Crippen MR) is 76.1 cm³/mol. The number of rotatable bonds is 3. The zero-order valence-corrected chi connectivity index (χ0v) is 12.0. The number of nitrogens with two attached hydrogens (primary N) is 1. The van der Waals surface area contributed by atoms with Crippen LogP contribution in [0.1, 0.15) is 36.5 Å². The number of halogens is 1. The second-order valence-electron chi connectivity index (χ2n) is 4.99. The molecule has 1 fully saturated rings. The van der Waals surface area contributed by atoms with Crippen LogP contribution in [0.5, 0.6) is 0 Å². The van der Waals surface area contributed by atoms with Crippen LogP contribution in [0.15, 0.2) is 18.2 Å². The third-order valence-electron chi connectivity index (χ3n) is 3.57. The fourth-order valence-electron chi connectivity index (χ4n) is 2.53. The molecule has 1 amide bonds. The number of esters is 1. The summed E-state index contributed by atoms with van der Waals surface area (Å²) >= 11 is 0. The van der Waals surface area contributed by atoms with Gasteiger partial charge in [-0.1, -0.05) is 0 Å². The molecule has 0 aliphatic carbocycles. The SMILES string of the molecule is CCOC(=O)C1CCCCN1C(=O)c1cc(F)ccc1N. The van der Waals surface area contributed by atoms with Crippen LogP contribution in [0, 0.1) is 5.82 Å². The number of nitrogen functional groups attached to an aromatic ring is 1. The number of likely N-dealkylation sites (tertiary alicyclic amines) is 1. The minimum atomic E-state index is -0.617. The maximum Gasteiger partial charge on any atom is 0.328 e. The van der Waals surface area contributed by atoms with Crippen LogP contribution < -0.4 is 5.73 Å². The van der Waals surface area contributed by atoms with Crippen LogP contribution in [0.25, 0.3) is 0 Å². The average Bonchev–Trinajstić information content (AvgIpc) is 2.49. The highest BCUT2D eigenvalue weighted by molar-refractivity contribution is 6.01. The molecule has 114 valence electrons. The lowest BCUT2D eigenvalue weighted by atomic mass is 10.0. The zero-order valence-electron chi connectivity index (χ0n) is 12.0. The van der Waals surface area contributed by atoms with Crippen molar-refractivity contribution in [2.45, 2.75) is 32.2 Å². The molecule has 0 radical (unpaired) electrons. The highest BCUT2D eigenvalue weighted by atomic mass is 19.1. The van der Waals surface area contributed by atoms with Crippen LogP contribution in [0.2, 0.25) is 0 Å². The summed E-state index contributed by atoms with van der Waals surface area (Å²) in [7, 11) is 0. The molecule has 1 aromatic rings. The van der Waals surface area contributed by atoms with Gasteiger partial charge < -0.3 is 15.4 Å². The Morgan fingerprint density at radius 3 is 2.90 bits per heavy atom. The van der Waals surface area contributed by atoms with Gasteiger partial charge in [-0.15, -0.1) is 0 Å². The lowest BCUT2D eigenvalue weighted by molar-refractivity contribution is -0.149. The quantitative estimate of drug-likeness (QED) is 0.683. The highest BCUT2D eigenvalue weighted by Crippen LogP contribution is 2.23. The van der Waals surface area contributed by atoms with E-state index >= 15 is 0 Å². The van der Waals surface area contributed by atoms with Gasteiger partial charge in [-0.05, 0) is 44.4 Å². The summed E-state index contributed by atoms with van der Waals surface area (Å²) in [4.78, 5) is 26.0. The van der Waals surface area contributed by atoms with Crippen molar-refractivity contribution in [3.63, 3.8) is 0 Å². The van der Waals surface area contributed by atoms with Gasteiger partial charge in [-0.3, -0.25) is 4.79 Å². The van der Waals surface area contributed by atoms with E-state index < -0.39 is 23.7 Å². The summed E-state index contributed by atoms with van der Waals surface area (Å²) in [5, 5.41) is 0. The van der Waals surface area contributed by atoms with Gasteiger partial charge in [0.25, 0.3) is 5.91 Å². The topological polar surface area (TPSA) is 72.6 Å². The van der Waals surface area contributed by atoms with Crippen LogP contribution in [-0.4, -0.2) is 36.0 Å². The van der Waals surface area contributed by atoms with E-state index in [1.165, 1.54) is 17.0 Å². The molecule has 2 rings (SSSR count). The Kier molecular flexibility index (Phi) is 4.77. The van der Waals surface area contributed by atoms with Crippen LogP contribution in [0.3, 0.4) is 0 Å². The lowest BCUT2D eigenvalue weighted by Crippen LogP contribution is -2.48. The zero-order chi connectivity index (χ0) is 15.4. The molecule has 1 aromatic carbocycles. The number of benzene rings is 1. The molecular weight excluding hydrogens is 275 g/mol. The molecule has 6 heteroatoms. The number of anilines is 1. The molecule has 0 aromatic heterocycles. The van der Waals surface area contributed by atoms with Gasteiger partial charge in [0.1, 0.15) is 11.9 Å². The van der Waals surface area contributed by atoms with E-state index in [2.05, 4.69) is 0 Å². The molecule has 5 nitrogen and oxygen atoms in total. The first-order valence-electron chi connectivity index (χ1n) is 7.07. The number of carbonyl (C=O) groups excluding carboxylic acids is 2. The third kappa shape index (κ3) is 3.32. The fourth-order valence-corrected chi connectivity index (χ4v) is 2.53. The number of nitrogens with zero attached hydrogens (tertiary/aromatic N) is 1. The van der Waals surface area contributed by atoms with Crippen molar-refractivity contribution in [2.75, 3.05) is 18.9 Å². The Hall–Kier alpha value is -2.11. The van der Waals surface area contributed by atoms with E-state index in [0.717, 1.165) is 18.9 Å². The summed E-state index contributed by atoms with van der Waals surface area (Å²) in [5.41, 5.74) is 6.04. The Labute approximate surface area is 122 Å². The first-order valence-corrected chi connectivity index (χ1v) is 7.07. The van der Waals surface area contributed by atoms with Crippen molar-refractivity contribution in [2.24, 2.45) is 0 Å². The Bertz CT molecular complexity index is 548. The monoisotopic (exact) mass is 294 g/mol. The summed E-state index contributed by atoms with van der Waals surface area (Å²) in [6.45, 7) is 2.43. The minimum absolute atomic E-state index is 0.0891. The van der Waals surface area contributed by atoms with Gasteiger partial charge in [0, 0.05) is 12.2 Å². The molecule has 1 unspecified atom stereocenters. The van der Waals surface area contributed by atoms with E-state index in [1.54, 1.807) is 6.92 Å². The largest absolute Gasteiger partial charge is 0.464 e. The molecule has 1 heterocycles. The molecule has 1 aliphatic heterocycles. The fraction of sp³-hybridized carbons (Fsp3) is 0.467. The average molecular weight is 294 g/mol. The number of hydrogen-bond donors (Lipinski definition) is 1. The van der Waals surface area contributed by atoms with Gasteiger partial charge in [0.15, 0.2) is 0 Å². The molecule has 21 heavy (non-hydrogen) atoms. The second-order valence-corrected chi connectivity index (χ2v) is 4.99. The molecule has 2 N–H and O–H groups in total. The summed E-state index contributed by atoms with van der Waals surface area (Å²) < 4.78 is 18.3. The van der Waals surface area contributed by atoms with E-state index in [0.29, 0.717) is 13.0 Å². The van der Waals surface area contributed by atoms with Crippen molar-refractivity contribution >= 4 is 17.6 Å². The van der Waals surface area contributed by atoms with Gasteiger partial charge in [-0.2, -0.15) is 0 Å². The Morgan fingerprint density at radius 2 is 2.19 bits per heavy atom. The number of ether oxygens (including phenoxy) is 1. The van der Waals surface area contributed by atoms with Gasteiger partial charge in [0.05, 0.1) is 12.2 Å². The molecule has 1 atom stereocenters. The standard InChI is InChI=1S/C15H19FN2O3/c1-2-21-15(20)13-5-3-4-8-18(13)14(19)11-9-10(16)6-7-12(11)17/h6-7,9,13H,2-5,8,17H2,1H3. The summed E-state index contributed by atoms with van der Waals surface area (Å²) in [6.07, 6.45) is 2.21. The molecule has 0 saturated carbocycles. The maximum absolute atomic E-state index is 13.3. The van der Waals surface area contributed by atoms with Crippen molar-refractivity contribution in [1.29, 1.82) is 0 Å². The summed E-state index contributed by atoms with van der Waals surface area (Å²) in [5.74, 6) is -1.37. The van der Waals surface area contributed by atoms with Crippen LogP contribution >= 0.6 is 0 Å². The summed E-state index contributed by atoms with van der Waals surface area (Å²) in [6, 6.07) is 3.04. The molecule has 0 bridgehead atoms. The van der Waals surface area contributed by atoms with Crippen LogP contribution in [0.4, 0.5) is 10.1 Å². The van der Waals surface area contributed by atoms with Gasteiger partial charge in [-0.25, -0.2) is 9.18 Å². The molecular formula is C15H19FN2O3. The van der Waals surface area contributed by atoms with E-state index in [9.17, 15) is 14.0 Å². The van der Waals surface area contributed by atoms with Crippen molar-refractivity contribution in [3.05, 3.63) is 29.6 Å². The number of piperidine rings is 1. The normalized spacial score (nSPS) is 18.4. The van der Waals surface area contributed by atoms with Crippen molar-refractivity contribution in [3.8, 4) is 0 Å². The smallest absolute Gasteiger partial charge is 0.328 e. The first kappa shape index (κ1) is 15.3. The molecule has 1 saturated heterocycles. The lowest BCUT2D eigenvalue weighted by Gasteiger charge is -2.34. The number of hydrogen-bond acceptors (Lipinski definition) is 4. The van der Waals surface area contributed by atoms with Crippen LogP contribution in [-0.2, 0) is 9.53 Å². The third-order valence-corrected chi connectivity index (χ3v) is 3.57. The van der Waals surface area contributed by atoms with Crippen molar-refractivity contribution < 1.29 is 18.7 Å². The minimum Gasteiger partial charge on any atom is -0.464 e. The van der Waals surface area contributed by atoms with E-state index in [1.807, 2.05) is 0 Å².